The fourth-order valence-electron chi connectivity index (χ4n) is 1.74. The number of carbonyl (C=O) groups excluding carboxylic acids is 1. The number of nitrogens with one attached hydrogen (secondary N) is 1. The van der Waals surface area contributed by atoms with Gasteiger partial charge in [0.25, 0.3) is 5.91 Å². The van der Waals surface area contributed by atoms with Crippen LogP contribution in [0, 0.1) is 0 Å². The summed E-state index contributed by atoms with van der Waals surface area (Å²) in [6, 6.07) is 9.96. The van der Waals surface area contributed by atoms with Crippen molar-refractivity contribution in [3.8, 4) is 0 Å². The molecule has 1 aromatic carbocycles. The van der Waals surface area contributed by atoms with Gasteiger partial charge in [0.15, 0.2) is 0 Å². The number of benzene rings is 1. The molecule has 1 heterocycles. The molecule has 0 saturated carbocycles. The molecule has 0 aliphatic heterocycles. The Bertz CT molecular complexity index is 630. The van der Waals surface area contributed by atoms with Gasteiger partial charge in [0, 0.05) is 18.1 Å². The summed E-state index contributed by atoms with van der Waals surface area (Å²) in [7, 11) is -0.217. The van der Waals surface area contributed by atoms with E-state index >= 15 is 0 Å². The van der Waals surface area contributed by atoms with Crippen LogP contribution in [-0.2, 0) is 6.54 Å². The molecular formula is C14H17N5OS. The van der Waals surface area contributed by atoms with Crippen molar-refractivity contribution in [1.82, 2.24) is 15.4 Å². The van der Waals surface area contributed by atoms with E-state index in [1.807, 2.05) is 42.0 Å². The van der Waals surface area contributed by atoms with Crippen molar-refractivity contribution in [3.05, 3.63) is 54.1 Å². The number of amides is 1. The van der Waals surface area contributed by atoms with Gasteiger partial charge >= 0.3 is 0 Å². The number of aromatic nitrogens is 2. The molecule has 7 heteroatoms. The molecule has 0 aliphatic carbocycles. The first kappa shape index (κ1) is 15.1. The molecule has 110 valence electrons. The van der Waals surface area contributed by atoms with Crippen molar-refractivity contribution in [2.24, 2.45) is 5.84 Å². The molecule has 1 amide bonds. The van der Waals surface area contributed by atoms with E-state index in [2.05, 4.69) is 20.1 Å². The first-order valence-corrected chi connectivity index (χ1v) is 7.98. The number of hydrazine groups is 1. The Kier molecular flexibility index (Phi) is 5.02. The zero-order chi connectivity index (χ0) is 15.2. The third kappa shape index (κ3) is 3.87. The van der Waals surface area contributed by atoms with Crippen LogP contribution in [0.4, 0.5) is 5.69 Å². The predicted octanol–water partition coefficient (Wildman–Crippen LogP) is 1.33. The molecule has 0 bridgehead atoms. The number of nitrogen functional groups attached to an aromatic ring is 1. The van der Waals surface area contributed by atoms with Crippen molar-refractivity contribution < 1.29 is 4.79 Å². The number of carbonyl (C=O) groups is 1. The van der Waals surface area contributed by atoms with E-state index in [4.69, 9.17) is 5.84 Å². The quantitative estimate of drug-likeness (QED) is 0.377. The first-order valence-electron chi connectivity index (χ1n) is 6.22. The number of hydrogen-bond acceptors (Lipinski definition) is 5. The van der Waals surface area contributed by atoms with Crippen LogP contribution in [0.3, 0.4) is 0 Å². The van der Waals surface area contributed by atoms with Crippen molar-refractivity contribution in [1.29, 1.82) is 0 Å². The summed E-state index contributed by atoms with van der Waals surface area (Å²) in [5.41, 5.74) is 3.44. The Morgan fingerprint density at radius 1 is 1.33 bits per heavy atom. The van der Waals surface area contributed by atoms with E-state index in [0.29, 0.717) is 17.9 Å². The average Bonchev–Trinajstić information content (AvgIpc) is 2.53. The predicted molar refractivity (Wildman–Crippen MR) is 86.9 cm³/mol. The summed E-state index contributed by atoms with van der Waals surface area (Å²) >= 11 is 0. The van der Waals surface area contributed by atoms with Crippen LogP contribution in [0.2, 0.25) is 0 Å². The number of anilines is 1. The van der Waals surface area contributed by atoms with Crippen molar-refractivity contribution >= 4 is 28.1 Å². The van der Waals surface area contributed by atoms with Crippen molar-refractivity contribution in [2.75, 3.05) is 10.6 Å². The molecule has 2 aromatic rings. The third-order valence-corrected chi connectivity index (χ3v) is 3.90. The Hall–Kier alpha value is -2.25. The molecule has 3 N–H and O–H groups in total. The lowest BCUT2D eigenvalue weighted by Crippen LogP contribution is -2.30. The Morgan fingerprint density at radius 3 is 2.48 bits per heavy atom. The second-order valence-corrected chi connectivity index (χ2v) is 5.98. The van der Waals surface area contributed by atoms with Gasteiger partial charge in [-0.15, -0.1) is 10.7 Å². The van der Waals surface area contributed by atoms with Crippen LogP contribution in [-0.4, -0.2) is 28.0 Å². The van der Waals surface area contributed by atoms with E-state index in [1.165, 1.54) is 12.4 Å². The molecule has 2 rings (SSSR count). The fraction of sp³-hybridized carbons (Fsp3) is 0.143. The minimum absolute atomic E-state index is 0.217. The fourth-order valence-corrected chi connectivity index (χ4v) is 2.56. The zero-order valence-electron chi connectivity index (χ0n) is 11.7. The molecule has 0 saturated heterocycles. The summed E-state index contributed by atoms with van der Waals surface area (Å²) in [4.78, 5) is 19.7. The first-order chi connectivity index (χ1) is 10.1. The topological polar surface area (TPSA) is 84.1 Å². The minimum atomic E-state index is -0.408. The maximum atomic E-state index is 11.3. The lowest BCUT2D eigenvalue weighted by Gasteiger charge is -2.24. The van der Waals surface area contributed by atoms with Crippen LogP contribution >= 0.6 is 10.7 Å². The van der Waals surface area contributed by atoms with Gasteiger partial charge in [-0.05, 0) is 18.4 Å². The van der Waals surface area contributed by atoms with Crippen LogP contribution in [0.1, 0.15) is 16.2 Å². The van der Waals surface area contributed by atoms with Gasteiger partial charge in [-0.1, -0.05) is 24.1 Å². The largest absolute Gasteiger partial charge is 0.315 e. The number of rotatable bonds is 5. The monoisotopic (exact) mass is 303 g/mol. The normalized spacial score (nSPS) is 11.7. The standard InChI is InChI=1S/C14H17N5OS/c1-21(2)19(12-6-4-3-5-7-12)10-13-16-8-11(9-17-13)14(20)18-15/h3-9H,1,10,15H2,2H3,(H,18,20). The molecule has 0 aliphatic rings. The maximum Gasteiger partial charge on any atom is 0.268 e. The summed E-state index contributed by atoms with van der Waals surface area (Å²) < 4.78 is 2.11. The zero-order valence-corrected chi connectivity index (χ0v) is 12.5. The summed E-state index contributed by atoms with van der Waals surface area (Å²) in [6.07, 6.45) is 4.96. The van der Waals surface area contributed by atoms with Gasteiger partial charge in [-0.2, -0.15) is 0 Å². The van der Waals surface area contributed by atoms with E-state index in [0.717, 1.165) is 5.69 Å². The minimum Gasteiger partial charge on any atom is -0.315 e. The number of para-hydroxylation sites is 1. The second-order valence-electron chi connectivity index (χ2n) is 4.33. The average molecular weight is 303 g/mol. The molecule has 0 radical (unpaired) electrons. The van der Waals surface area contributed by atoms with Gasteiger partial charge in [-0.25, -0.2) is 15.8 Å². The van der Waals surface area contributed by atoms with Crippen LogP contribution in [0.5, 0.6) is 0 Å². The molecular weight excluding hydrogens is 286 g/mol. The van der Waals surface area contributed by atoms with E-state index in [1.54, 1.807) is 0 Å². The maximum absolute atomic E-state index is 11.3. The highest BCUT2D eigenvalue weighted by Gasteiger charge is 2.10. The second kappa shape index (κ2) is 6.96. The van der Waals surface area contributed by atoms with Gasteiger partial charge in [-0.3, -0.25) is 10.2 Å². The Labute approximate surface area is 126 Å². The number of hydrogen-bond donors (Lipinski definition) is 2. The van der Waals surface area contributed by atoms with E-state index in [9.17, 15) is 4.79 Å². The van der Waals surface area contributed by atoms with Crippen molar-refractivity contribution in [2.45, 2.75) is 6.54 Å². The molecule has 1 atom stereocenters. The Balaban J connectivity index is 2.18. The molecule has 0 spiro atoms. The highest BCUT2D eigenvalue weighted by molar-refractivity contribution is 8.14. The Morgan fingerprint density at radius 2 is 1.95 bits per heavy atom. The van der Waals surface area contributed by atoms with Gasteiger partial charge < -0.3 is 4.31 Å². The summed E-state index contributed by atoms with van der Waals surface area (Å²) in [5, 5.41) is 0. The lowest BCUT2D eigenvalue weighted by atomic mass is 10.3. The van der Waals surface area contributed by atoms with Gasteiger partial charge in [0.2, 0.25) is 0 Å². The van der Waals surface area contributed by atoms with Crippen LogP contribution in [0.25, 0.3) is 0 Å². The highest BCUT2D eigenvalue weighted by Crippen LogP contribution is 2.25. The number of nitrogens with zero attached hydrogens (tertiary/aromatic N) is 3. The van der Waals surface area contributed by atoms with Gasteiger partial charge in [0.1, 0.15) is 5.82 Å². The molecule has 1 unspecified atom stereocenters. The smallest absolute Gasteiger partial charge is 0.268 e. The van der Waals surface area contributed by atoms with E-state index in [-0.39, 0.29) is 10.7 Å². The van der Waals surface area contributed by atoms with Crippen molar-refractivity contribution in [3.63, 3.8) is 0 Å². The molecule has 1 aromatic heterocycles. The SMILES string of the molecule is C=S(C)N(Cc1ncc(C(=O)NN)cn1)c1ccccc1. The lowest BCUT2D eigenvalue weighted by molar-refractivity contribution is 0.0953. The molecule has 6 nitrogen and oxygen atoms in total. The van der Waals surface area contributed by atoms with Crippen LogP contribution < -0.4 is 15.6 Å². The summed E-state index contributed by atoms with van der Waals surface area (Å²) in [5.74, 6) is 9.37. The highest BCUT2D eigenvalue weighted by atomic mass is 32.2. The number of nitrogens with two attached hydrogens (primary N) is 1. The molecule has 21 heavy (non-hydrogen) atoms. The summed E-state index contributed by atoms with van der Waals surface area (Å²) in [6.45, 7) is 0.525. The van der Waals surface area contributed by atoms with Gasteiger partial charge in [0.05, 0.1) is 12.1 Å². The van der Waals surface area contributed by atoms with Crippen LogP contribution in [0.15, 0.2) is 42.7 Å². The van der Waals surface area contributed by atoms with E-state index < -0.39 is 5.91 Å². The third-order valence-electron chi connectivity index (χ3n) is 2.80. The molecule has 0 fully saturated rings.